The Bertz CT molecular complexity index is 1380. The highest BCUT2D eigenvalue weighted by molar-refractivity contribution is 5.83. The van der Waals surface area contributed by atoms with Crippen molar-refractivity contribution in [3.05, 3.63) is 0 Å². The maximum atomic E-state index is 13.2. The van der Waals surface area contributed by atoms with E-state index in [2.05, 4.69) is 53.8 Å². The van der Waals surface area contributed by atoms with Crippen LogP contribution in [0, 0.1) is 56.7 Å². The summed E-state index contributed by atoms with van der Waals surface area (Å²) in [5.41, 5.74) is -0.0744. The van der Waals surface area contributed by atoms with E-state index < -0.39 is 6.10 Å². The van der Waals surface area contributed by atoms with Gasteiger partial charge in [0.05, 0.1) is 18.3 Å². The van der Waals surface area contributed by atoms with Crippen molar-refractivity contribution in [2.24, 2.45) is 56.7 Å². The van der Waals surface area contributed by atoms with E-state index in [-0.39, 0.29) is 88.0 Å². The number of aliphatic hydroxyl groups is 1. The van der Waals surface area contributed by atoms with Gasteiger partial charge >= 0.3 is 12.2 Å². The van der Waals surface area contributed by atoms with Gasteiger partial charge in [0.15, 0.2) is 0 Å². The second-order valence-electron chi connectivity index (χ2n) is 19.1. The molecule has 8 fully saturated rings. The standard InChI is InChI=1S/C39H61N3O7/c1-22(2)30(49-33(45)41-16-8-17-41)24-19-23(3)29-31(47-24)32(44)37(7)26-10-9-25-35(4,5)27(48-34(46)42-18-15-40-28(43)20-42)11-12-38(25)21-39(26,38)14-13-36(29,37)6/h22-27,29-32,44H,8-21H2,1-7H3,(H,40,43)/t23-,24?,25+,26?,27?,29+,30-,31?,32+,36-,37-,38-,39+/m1/s1. The number of carbonyl (C=O) groups excluding carboxylic acids is 3. The minimum absolute atomic E-state index is 0.0430. The zero-order chi connectivity index (χ0) is 34.9. The van der Waals surface area contributed by atoms with Gasteiger partial charge in [0.2, 0.25) is 5.91 Å². The summed E-state index contributed by atoms with van der Waals surface area (Å²) < 4.78 is 19.4. The fraction of sp³-hybridized carbons (Fsp3) is 0.923. The van der Waals surface area contributed by atoms with Crippen LogP contribution in [-0.4, -0.2) is 96.2 Å². The number of nitrogens with one attached hydrogen (secondary N) is 1. The highest BCUT2D eigenvalue weighted by Gasteiger charge is 2.84. The first-order valence-electron chi connectivity index (χ1n) is 19.6. The SMILES string of the molecule is CC(C)[C@@H](OC(=O)N1CCC1)C1C[C@@H](C)[C@H]2C(O1)[C@H](O)[C@@]1(C)C3CC[C@H]4C(C)(C)C(OC(=O)N5CCNC(=O)C5)CC[C@@]45C[C@@]35CC[C@]21C. The highest BCUT2D eigenvalue weighted by Crippen LogP contribution is 2.89. The van der Waals surface area contributed by atoms with Crippen LogP contribution in [0.5, 0.6) is 0 Å². The van der Waals surface area contributed by atoms with Crippen molar-refractivity contribution < 1.29 is 33.7 Å². The van der Waals surface area contributed by atoms with Gasteiger partial charge in [0.25, 0.3) is 0 Å². The van der Waals surface area contributed by atoms with Crippen molar-refractivity contribution >= 4 is 18.1 Å². The number of rotatable bonds is 4. The van der Waals surface area contributed by atoms with E-state index in [4.69, 9.17) is 14.2 Å². The number of piperazine rings is 1. The summed E-state index contributed by atoms with van der Waals surface area (Å²) in [6.07, 6.45) is 7.27. The van der Waals surface area contributed by atoms with Gasteiger partial charge in [0.1, 0.15) is 18.8 Å². The normalized spacial score (nSPS) is 48.5. The lowest BCUT2D eigenvalue weighted by molar-refractivity contribution is -0.185. The lowest BCUT2D eigenvalue weighted by Crippen LogP contribution is -2.60. The van der Waals surface area contributed by atoms with Crippen LogP contribution in [-0.2, 0) is 19.0 Å². The van der Waals surface area contributed by atoms with Crippen LogP contribution < -0.4 is 5.32 Å². The van der Waals surface area contributed by atoms with Crippen molar-refractivity contribution in [1.82, 2.24) is 15.1 Å². The largest absolute Gasteiger partial charge is 0.446 e. The second-order valence-corrected chi connectivity index (χ2v) is 19.1. The molecule has 10 nitrogen and oxygen atoms in total. The predicted molar refractivity (Wildman–Crippen MR) is 182 cm³/mol. The van der Waals surface area contributed by atoms with Crippen molar-refractivity contribution in [1.29, 1.82) is 0 Å². The molecule has 8 rings (SSSR count). The summed E-state index contributed by atoms with van der Waals surface area (Å²) in [7, 11) is 0. The molecule has 0 aromatic rings. The number of carbonyl (C=O) groups is 3. The van der Waals surface area contributed by atoms with Crippen molar-refractivity contribution in [2.75, 3.05) is 32.7 Å². The molecule has 274 valence electrons. The molecule has 8 aliphatic rings. The first-order valence-corrected chi connectivity index (χ1v) is 19.6. The zero-order valence-electron chi connectivity index (χ0n) is 31.0. The van der Waals surface area contributed by atoms with Crippen molar-refractivity contribution in [3.8, 4) is 0 Å². The number of ether oxygens (including phenoxy) is 3. The van der Waals surface area contributed by atoms with Crippen molar-refractivity contribution in [2.45, 2.75) is 137 Å². The topological polar surface area (TPSA) is 118 Å². The third-order valence-electron chi connectivity index (χ3n) is 16.7. The zero-order valence-corrected chi connectivity index (χ0v) is 31.0. The number of hydrogen-bond acceptors (Lipinski definition) is 7. The Balaban J connectivity index is 1.02. The van der Waals surface area contributed by atoms with Gasteiger partial charge in [-0.05, 0) is 104 Å². The molecule has 0 radical (unpaired) electrons. The van der Waals surface area contributed by atoms with Crippen molar-refractivity contribution in [3.63, 3.8) is 0 Å². The number of fused-ring (bicyclic) bond motifs is 4. The third kappa shape index (κ3) is 4.53. The average Bonchev–Trinajstić information content (AvgIpc) is 3.65. The Morgan fingerprint density at radius 1 is 0.959 bits per heavy atom. The summed E-state index contributed by atoms with van der Waals surface area (Å²) in [5.74, 6) is 1.47. The van der Waals surface area contributed by atoms with E-state index in [0.29, 0.717) is 30.8 Å². The van der Waals surface area contributed by atoms with Crippen LogP contribution >= 0.6 is 0 Å². The van der Waals surface area contributed by atoms with Crippen LogP contribution in [0.3, 0.4) is 0 Å². The van der Waals surface area contributed by atoms with Gasteiger partial charge in [-0.3, -0.25) is 9.69 Å². The molecule has 10 heteroatoms. The monoisotopic (exact) mass is 683 g/mol. The van der Waals surface area contributed by atoms with Gasteiger partial charge < -0.3 is 29.5 Å². The fourth-order valence-electron chi connectivity index (χ4n) is 14.1. The number of aliphatic hydroxyl groups excluding tert-OH is 1. The molecule has 4 unspecified atom stereocenters. The quantitative estimate of drug-likeness (QED) is 0.396. The summed E-state index contributed by atoms with van der Waals surface area (Å²) in [6, 6.07) is 0. The van der Waals surface area contributed by atoms with E-state index in [1.165, 1.54) is 12.8 Å². The molecule has 49 heavy (non-hydrogen) atoms. The van der Waals surface area contributed by atoms with Crippen LogP contribution in [0.1, 0.15) is 106 Å². The Hall–Kier alpha value is -2.07. The molecule has 2 N–H and O–H groups in total. The Morgan fingerprint density at radius 3 is 2.35 bits per heavy atom. The molecule has 0 bridgehead atoms. The minimum Gasteiger partial charge on any atom is -0.446 e. The van der Waals surface area contributed by atoms with Gasteiger partial charge in [-0.15, -0.1) is 0 Å². The lowest BCUT2D eigenvalue weighted by atomic mass is 9.41. The Kier molecular flexibility index (Phi) is 7.79. The van der Waals surface area contributed by atoms with E-state index in [1.54, 1.807) is 9.80 Å². The lowest BCUT2D eigenvalue weighted by Gasteiger charge is -2.63. The van der Waals surface area contributed by atoms with Gasteiger partial charge in [-0.1, -0.05) is 48.5 Å². The van der Waals surface area contributed by atoms with Crippen LogP contribution in [0.4, 0.5) is 9.59 Å². The number of likely N-dealkylation sites (tertiary alicyclic amines) is 1. The highest BCUT2D eigenvalue weighted by atomic mass is 16.6. The molecule has 5 aliphatic carbocycles. The Labute approximate surface area is 292 Å². The summed E-state index contributed by atoms with van der Waals surface area (Å²) in [5, 5.41) is 15.4. The number of hydrogen-bond donors (Lipinski definition) is 2. The Morgan fingerprint density at radius 2 is 1.67 bits per heavy atom. The second kappa shape index (κ2) is 11.2. The summed E-state index contributed by atoms with van der Waals surface area (Å²) in [4.78, 5) is 41.4. The fourth-order valence-corrected chi connectivity index (χ4v) is 14.1. The molecular formula is C39H61N3O7. The smallest absolute Gasteiger partial charge is 0.410 e. The van der Waals surface area contributed by atoms with Gasteiger partial charge in [0, 0.05) is 37.0 Å². The molecule has 2 spiro atoms. The van der Waals surface area contributed by atoms with Crippen LogP contribution in [0.15, 0.2) is 0 Å². The molecule has 5 saturated carbocycles. The maximum Gasteiger partial charge on any atom is 0.410 e. The van der Waals surface area contributed by atoms with E-state index in [9.17, 15) is 19.5 Å². The molecular weight excluding hydrogens is 622 g/mol. The van der Waals surface area contributed by atoms with Gasteiger partial charge in [-0.25, -0.2) is 9.59 Å². The van der Waals surface area contributed by atoms with Crippen LogP contribution in [0.25, 0.3) is 0 Å². The predicted octanol–water partition coefficient (Wildman–Crippen LogP) is 5.60. The molecule has 0 aromatic heterocycles. The number of amides is 3. The van der Waals surface area contributed by atoms with Gasteiger partial charge in [-0.2, -0.15) is 0 Å². The summed E-state index contributed by atoms with van der Waals surface area (Å²) in [6.45, 7) is 18.6. The molecule has 0 aromatic carbocycles. The van der Waals surface area contributed by atoms with E-state index in [0.717, 1.165) is 58.0 Å². The first kappa shape index (κ1) is 34.0. The third-order valence-corrected chi connectivity index (χ3v) is 16.7. The van der Waals surface area contributed by atoms with E-state index in [1.807, 2.05) is 0 Å². The molecule has 13 atom stereocenters. The molecule has 3 heterocycles. The molecule has 3 amide bonds. The summed E-state index contributed by atoms with van der Waals surface area (Å²) >= 11 is 0. The minimum atomic E-state index is -0.574. The molecule has 3 saturated heterocycles. The number of nitrogens with zero attached hydrogens (tertiary/aromatic N) is 2. The maximum absolute atomic E-state index is 13.2. The average molecular weight is 684 g/mol. The molecule has 3 aliphatic heterocycles. The van der Waals surface area contributed by atoms with E-state index >= 15 is 0 Å². The van der Waals surface area contributed by atoms with Crippen LogP contribution in [0.2, 0.25) is 0 Å². The first-order chi connectivity index (χ1) is 23.1.